The summed E-state index contributed by atoms with van der Waals surface area (Å²) >= 11 is 0. The molecule has 17 heavy (non-hydrogen) atoms. The van der Waals surface area contributed by atoms with Crippen molar-refractivity contribution in [3.8, 4) is 0 Å². The van der Waals surface area contributed by atoms with Crippen LogP contribution in [-0.4, -0.2) is 22.4 Å². The Morgan fingerprint density at radius 2 is 1.53 bits per heavy atom. The molecular formula is C13H16F2O2. The molecule has 2 rings (SSSR count). The van der Waals surface area contributed by atoms with Gasteiger partial charge in [0.2, 0.25) is 0 Å². The van der Waals surface area contributed by atoms with E-state index in [9.17, 15) is 19.0 Å². The van der Waals surface area contributed by atoms with Crippen LogP contribution in [0.3, 0.4) is 0 Å². The smallest absolute Gasteiger partial charge is 0.162 e. The molecule has 2 unspecified atom stereocenters. The first-order valence-corrected chi connectivity index (χ1v) is 5.89. The lowest BCUT2D eigenvalue weighted by Gasteiger charge is -2.15. The number of hydrogen-bond donors (Lipinski definition) is 2. The summed E-state index contributed by atoms with van der Waals surface area (Å²) in [7, 11) is 0. The van der Waals surface area contributed by atoms with E-state index in [1.807, 2.05) is 0 Å². The van der Waals surface area contributed by atoms with Crippen LogP contribution >= 0.6 is 0 Å². The van der Waals surface area contributed by atoms with Crippen molar-refractivity contribution in [3.05, 3.63) is 35.4 Å². The van der Waals surface area contributed by atoms with E-state index in [2.05, 4.69) is 0 Å². The molecule has 1 aliphatic rings. The molecule has 0 aliphatic heterocycles. The molecule has 2 nitrogen and oxygen atoms in total. The highest BCUT2D eigenvalue weighted by Gasteiger charge is 2.27. The first kappa shape index (κ1) is 12.5. The fourth-order valence-corrected chi connectivity index (χ4v) is 2.42. The predicted octanol–water partition coefficient (Wildman–Crippen LogP) is 2.34. The highest BCUT2D eigenvalue weighted by molar-refractivity contribution is 5.23. The first-order valence-electron chi connectivity index (χ1n) is 5.89. The van der Waals surface area contributed by atoms with E-state index in [4.69, 9.17) is 0 Å². The molecule has 4 heteroatoms. The lowest BCUT2D eigenvalue weighted by molar-refractivity contribution is 0.0157. The van der Waals surface area contributed by atoms with Crippen LogP contribution in [0.1, 0.15) is 37.2 Å². The summed E-state index contributed by atoms with van der Waals surface area (Å²) in [5.41, 5.74) is 0.353. The summed E-state index contributed by atoms with van der Waals surface area (Å²) in [6.07, 6.45) is 0.467. The Hall–Kier alpha value is -1.00. The average Bonchev–Trinajstić information content (AvgIpc) is 2.47. The van der Waals surface area contributed by atoms with Gasteiger partial charge in [0.15, 0.2) is 11.6 Å². The second-order valence-corrected chi connectivity index (χ2v) is 4.63. The van der Waals surface area contributed by atoms with Crippen molar-refractivity contribution in [2.24, 2.45) is 0 Å². The molecule has 0 bridgehead atoms. The van der Waals surface area contributed by atoms with Crippen LogP contribution in [0.25, 0.3) is 0 Å². The van der Waals surface area contributed by atoms with Crippen molar-refractivity contribution in [2.45, 2.75) is 43.8 Å². The van der Waals surface area contributed by atoms with Crippen LogP contribution in [0.5, 0.6) is 0 Å². The van der Waals surface area contributed by atoms with Gasteiger partial charge >= 0.3 is 0 Å². The van der Waals surface area contributed by atoms with Crippen molar-refractivity contribution >= 4 is 0 Å². The average molecular weight is 242 g/mol. The van der Waals surface area contributed by atoms with Crippen LogP contribution in [0.4, 0.5) is 8.78 Å². The highest BCUT2D eigenvalue weighted by Crippen LogP contribution is 2.33. The molecule has 94 valence electrons. The zero-order valence-corrected chi connectivity index (χ0v) is 9.44. The molecule has 1 fully saturated rings. The van der Waals surface area contributed by atoms with E-state index >= 15 is 0 Å². The molecule has 1 saturated carbocycles. The van der Waals surface area contributed by atoms with E-state index in [0.717, 1.165) is 6.07 Å². The second-order valence-electron chi connectivity index (χ2n) is 4.63. The van der Waals surface area contributed by atoms with Gasteiger partial charge in [-0.15, -0.1) is 0 Å². The first-order chi connectivity index (χ1) is 8.09. The number of halogens is 2. The third-order valence-electron chi connectivity index (χ3n) is 3.49. The standard InChI is InChI=1S/C13H16F2O2/c14-10-3-1-2-9(13(10)15)8-4-6-11(16)12(17)7-5-8/h1-3,8,11-12,16-17H,4-7H2. The van der Waals surface area contributed by atoms with E-state index in [0.29, 0.717) is 31.2 Å². The summed E-state index contributed by atoms with van der Waals surface area (Å²) < 4.78 is 26.7. The fourth-order valence-electron chi connectivity index (χ4n) is 2.42. The summed E-state index contributed by atoms with van der Waals surface area (Å²) in [4.78, 5) is 0. The Balaban J connectivity index is 2.20. The Morgan fingerprint density at radius 1 is 0.941 bits per heavy atom. The van der Waals surface area contributed by atoms with E-state index in [-0.39, 0.29) is 5.92 Å². The zero-order valence-electron chi connectivity index (χ0n) is 9.44. The predicted molar refractivity (Wildman–Crippen MR) is 59.6 cm³/mol. The SMILES string of the molecule is OC1CCC(c2cccc(F)c2F)CCC1O. The van der Waals surface area contributed by atoms with Gasteiger partial charge in [-0.1, -0.05) is 12.1 Å². The molecule has 0 saturated heterocycles. The van der Waals surface area contributed by atoms with Gasteiger partial charge in [0, 0.05) is 0 Å². The van der Waals surface area contributed by atoms with Crippen molar-refractivity contribution in [2.75, 3.05) is 0 Å². The molecule has 0 heterocycles. The van der Waals surface area contributed by atoms with Crippen LogP contribution in [-0.2, 0) is 0 Å². The Bertz CT molecular complexity index is 383. The largest absolute Gasteiger partial charge is 0.390 e. The Morgan fingerprint density at radius 3 is 2.12 bits per heavy atom. The normalized spacial score (nSPS) is 30.0. The van der Waals surface area contributed by atoms with Crippen molar-refractivity contribution in [1.82, 2.24) is 0 Å². The molecule has 0 aromatic heterocycles. The number of aliphatic hydroxyl groups is 2. The van der Waals surface area contributed by atoms with E-state index in [1.165, 1.54) is 6.07 Å². The van der Waals surface area contributed by atoms with Gasteiger partial charge in [0.1, 0.15) is 0 Å². The van der Waals surface area contributed by atoms with Gasteiger partial charge in [-0.2, -0.15) is 0 Å². The van der Waals surface area contributed by atoms with Crippen LogP contribution < -0.4 is 0 Å². The topological polar surface area (TPSA) is 40.5 Å². The molecule has 2 N–H and O–H groups in total. The van der Waals surface area contributed by atoms with Gasteiger partial charge in [0.05, 0.1) is 12.2 Å². The third-order valence-corrected chi connectivity index (χ3v) is 3.49. The fraction of sp³-hybridized carbons (Fsp3) is 0.538. The van der Waals surface area contributed by atoms with Gasteiger partial charge in [-0.25, -0.2) is 8.78 Å². The van der Waals surface area contributed by atoms with Crippen LogP contribution in [0, 0.1) is 11.6 Å². The summed E-state index contributed by atoms with van der Waals surface area (Å²) in [5, 5.41) is 19.1. The Labute approximate surface area is 98.9 Å². The van der Waals surface area contributed by atoms with Gasteiger partial charge in [-0.3, -0.25) is 0 Å². The quantitative estimate of drug-likeness (QED) is 0.742. The van der Waals surface area contributed by atoms with Gasteiger partial charge in [-0.05, 0) is 43.2 Å². The molecule has 0 amide bonds. The summed E-state index contributed by atoms with van der Waals surface area (Å²) in [5.74, 6) is -1.77. The number of aliphatic hydroxyl groups excluding tert-OH is 2. The van der Waals surface area contributed by atoms with Gasteiger partial charge in [0.25, 0.3) is 0 Å². The molecule has 1 aromatic rings. The lowest BCUT2D eigenvalue weighted by Crippen LogP contribution is -2.23. The number of benzene rings is 1. The maximum Gasteiger partial charge on any atom is 0.162 e. The lowest BCUT2D eigenvalue weighted by atomic mass is 9.91. The number of rotatable bonds is 1. The molecular weight excluding hydrogens is 226 g/mol. The Kier molecular flexibility index (Phi) is 3.74. The van der Waals surface area contributed by atoms with Crippen molar-refractivity contribution in [1.29, 1.82) is 0 Å². The minimum Gasteiger partial charge on any atom is -0.390 e. The van der Waals surface area contributed by atoms with Crippen molar-refractivity contribution in [3.63, 3.8) is 0 Å². The van der Waals surface area contributed by atoms with Gasteiger partial charge < -0.3 is 10.2 Å². The number of hydrogen-bond acceptors (Lipinski definition) is 2. The highest BCUT2D eigenvalue weighted by atomic mass is 19.2. The minimum absolute atomic E-state index is 0.127. The van der Waals surface area contributed by atoms with Crippen molar-refractivity contribution < 1.29 is 19.0 Å². The summed E-state index contributed by atoms with van der Waals surface area (Å²) in [6, 6.07) is 4.16. The maximum atomic E-state index is 13.6. The molecule has 1 aliphatic carbocycles. The van der Waals surface area contributed by atoms with E-state index in [1.54, 1.807) is 6.07 Å². The monoisotopic (exact) mass is 242 g/mol. The second kappa shape index (κ2) is 5.10. The summed E-state index contributed by atoms with van der Waals surface area (Å²) in [6.45, 7) is 0. The molecule has 0 spiro atoms. The van der Waals surface area contributed by atoms with E-state index < -0.39 is 23.8 Å². The maximum absolute atomic E-state index is 13.6. The molecule has 2 atom stereocenters. The molecule has 0 radical (unpaired) electrons. The van der Waals surface area contributed by atoms with Crippen LogP contribution in [0.15, 0.2) is 18.2 Å². The minimum atomic E-state index is -0.840. The third kappa shape index (κ3) is 2.64. The van der Waals surface area contributed by atoms with Crippen LogP contribution in [0.2, 0.25) is 0 Å². The zero-order chi connectivity index (χ0) is 12.4. The molecule has 1 aromatic carbocycles.